The second-order valence-electron chi connectivity index (χ2n) is 7.45. The number of likely N-dealkylation sites (tertiary alicyclic amines) is 1. The molecule has 0 bridgehead atoms. The third-order valence-corrected chi connectivity index (χ3v) is 5.98. The van der Waals surface area contributed by atoms with E-state index in [4.69, 9.17) is 5.73 Å². The highest BCUT2D eigenvalue weighted by Crippen LogP contribution is 2.41. The second-order valence-corrected chi connectivity index (χ2v) is 7.45. The lowest BCUT2D eigenvalue weighted by Crippen LogP contribution is -2.49. The minimum atomic E-state index is 0.134. The van der Waals surface area contributed by atoms with Gasteiger partial charge in [-0.05, 0) is 67.1 Å². The Balaban J connectivity index is 1.47. The number of hydrogen-bond donors (Lipinski definition) is 2. The molecule has 1 amide bonds. The molecule has 0 radical (unpaired) electrons. The first kappa shape index (κ1) is 15.4. The Bertz CT molecular complexity index is 993. The van der Waals surface area contributed by atoms with Gasteiger partial charge in [0.2, 0.25) is 0 Å². The quantitative estimate of drug-likeness (QED) is 0.663. The highest BCUT2D eigenvalue weighted by Gasteiger charge is 2.38. The van der Waals surface area contributed by atoms with Gasteiger partial charge in [0.1, 0.15) is 0 Å². The third kappa shape index (κ3) is 2.38. The van der Waals surface area contributed by atoms with Crippen LogP contribution < -0.4 is 5.73 Å². The summed E-state index contributed by atoms with van der Waals surface area (Å²) < 4.78 is 0. The molecule has 3 N–H and O–H groups in total. The number of nitrogens with zero attached hydrogens (tertiary/aromatic N) is 2. The van der Waals surface area contributed by atoms with Crippen LogP contribution in [0, 0.1) is 0 Å². The van der Waals surface area contributed by atoms with E-state index in [1.165, 1.54) is 11.1 Å². The van der Waals surface area contributed by atoms with E-state index in [9.17, 15) is 4.79 Å². The molecule has 2 atom stereocenters. The Labute approximate surface area is 152 Å². The molecule has 2 aliphatic rings. The number of piperidine rings is 1. The number of nitrogen functional groups attached to an aromatic ring is 1. The molecule has 1 fully saturated rings. The van der Waals surface area contributed by atoms with E-state index in [2.05, 4.69) is 27.0 Å². The van der Waals surface area contributed by atoms with Crippen molar-refractivity contribution in [3.05, 3.63) is 59.4 Å². The Hall–Kier alpha value is -2.82. The minimum absolute atomic E-state index is 0.134. The van der Waals surface area contributed by atoms with E-state index < -0.39 is 0 Å². The molecular formula is C21H22N4O. The molecule has 2 heterocycles. The van der Waals surface area contributed by atoms with Gasteiger partial charge in [-0.3, -0.25) is 4.79 Å². The monoisotopic (exact) mass is 346 g/mol. The number of nitrogens with two attached hydrogens (primary N) is 1. The lowest BCUT2D eigenvalue weighted by atomic mass is 9.74. The van der Waals surface area contributed by atoms with Crippen LogP contribution in [-0.2, 0) is 6.42 Å². The lowest BCUT2D eigenvalue weighted by molar-refractivity contribution is 0.0547. The van der Waals surface area contributed by atoms with E-state index in [0.29, 0.717) is 5.92 Å². The molecule has 0 saturated carbocycles. The zero-order chi connectivity index (χ0) is 17.7. The van der Waals surface area contributed by atoms with Gasteiger partial charge >= 0.3 is 0 Å². The van der Waals surface area contributed by atoms with Gasteiger partial charge in [0.25, 0.3) is 5.91 Å². The molecule has 3 aromatic rings. The summed E-state index contributed by atoms with van der Waals surface area (Å²) in [6.07, 6.45) is 5.86. The number of nitrogens with one attached hydrogen (secondary N) is 1. The molecular weight excluding hydrogens is 324 g/mol. The number of imidazole rings is 1. The van der Waals surface area contributed by atoms with Gasteiger partial charge in [0.05, 0.1) is 17.4 Å². The summed E-state index contributed by atoms with van der Waals surface area (Å²) in [5.41, 5.74) is 12.1. The highest BCUT2D eigenvalue weighted by atomic mass is 16.2. The summed E-state index contributed by atoms with van der Waals surface area (Å²) in [4.78, 5) is 22.7. The van der Waals surface area contributed by atoms with Gasteiger partial charge in [-0.1, -0.05) is 6.07 Å². The summed E-state index contributed by atoms with van der Waals surface area (Å²) in [5.74, 6) is 0.558. The van der Waals surface area contributed by atoms with Gasteiger partial charge in [-0.15, -0.1) is 0 Å². The summed E-state index contributed by atoms with van der Waals surface area (Å²) >= 11 is 0. The molecule has 26 heavy (non-hydrogen) atoms. The normalized spacial score (nSPS) is 22.1. The Kier molecular flexibility index (Phi) is 3.48. The number of amides is 1. The summed E-state index contributed by atoms with van der Waals surface area (Å²) in [7, 11) is 0. The number of anilines is 1. The van der Waals surface area contributed by atoms with Crippen LogP contribution in [0.25, 0.3) is 11.0 Å². The van der Waals surface area contributed by atoms with Gasteiger partial charge in [0, 0.05) is 29.8 Å². The fourth-order valence-electron chi connectivity index (χ4n) is 4.77. The van der Waals surface area contributed by atoms with Crippen molar-refractivity contribution in [1.29, 1.82) is 0 Å². The molecule has 1 aliphatic heterocycles. The SMILES string of the molecule is Nc1ccc2c(c1)CCC1C2CCCN1C(=O)c1ccc2nc[nH]c2c1. The van der Waals surface area contributed by atoms with Crippen molar-refractivity contribution in [2.24, 2.45) is 0 Å². The van der Waals surface area contributed by atoms with Crippen molar-refractivity contribution in [2.45, 2.75) is 37.6 Å². The number of aromatic nitrogens is 2. The van der Waals surface area contributed by atoms with Crippen molar-refractivity contribution in [3.8, 4) is 0 Å². The third-order valence-electron chi connectivity index (χ3n) is 5.98. The van der Waals surface area contributed by atoms with Crippen molar-refractivity contribution in [3.63, 3.8) is 0 Å². The fraction of sp³-hybridized carbons (Fsp3) is 0.333. The zero-order valence-corrected chi connectivity index (χ0v) is 14.6. The zero-order valence-electron chi connectivity index (χ0n) is 14.6. The van der Waals surface area contributed by atoms with Crippen molar-refractivity contribution < 1.29 is 4.79 Å². The van der Waals surface area contributed by atoms with E-state index in [-0.39, 0.29) is 11.9 Å². The number of aromatic amines is 1. The number of aryl methyl sites for hydroxylation is 1. The number of rotatable bonds is 1. The predicted molar refractivity (Wildman–Crippen MR) is 102 cm³/mol. The maximum atomic E-state index is 13.3. The van der Waals surface area contributed by atoms with Gasteiger partial charge in [-0.25, -0.2) is 4.98 Å². The van der Waals surface area contributed by atoms with Gasteiger partial charge in [-0.2, -0.15) is 0 Å². The van der Waals surface area contributed by atoms with E-state index in [0.717, 1.165) is 54.5 Å². The molecule has 2 aromatic carbocycles. The second kappa shape index (κ2) is 5.87. The minimum Gasteiger partial charge on any atom is -0.399 e. The van der Waals surface area contributed by atoms with Crippen LogP contribution in [0.2, 0.25) is 0 Å². The van der Waals surface area contributed by atoms with Crippen LogP contribution in [0.5, 0.6) is 0 Å². The lowest BCUT2D eigenvalue weighted by Gasteiger charge is -2.45. The number of carbonyl (C=O) groups is 1. The largest absolute Gasteiger partial charge is 0.399 e. The molecule has 0 spiro atoms. The van der Waals surface area contributed by atoms with Crippen molar-refractivity contribution >= 4 is 22.6 Å². The first-order valence-electron chi connectivity index (χ1n) is 9.33. The molecule has 1 aliphatic carbocycles. The molecule has 132 valence electrons. The number of benzene rings is 2. The standard InChI is InChI=1S/C21H22N4O/c22-15-5-6-16-13(10-15)4-8-20-17(16)2-1-9-25(20)21(26)14-3-7-18-19(11-14)24-12-23-18/h3,5-7,10-12,17,20H,1-2,4,8-9,22H2,(H,23,24). The summed E-state index contributed by atoms with van der Waals surface area (Å²) in [6, 6.07) is 12.3. The van der Waals surface area contributed by atoms with Crippen molar-refractivity contribution in [1.82, 2.24) is 14.9 Å². The number of hydrogen-bond acceptors (Lipinski definition) is 3. The van der Waals surface area contributed by atoms with Crippen LogP contribution in [0.15, 0.2) is 42.7 Å². The number of carbonyl (C=O) groups excluding carboxylic acids is 1. The average molecular weight is 346 g/mol. The van der Waals surface area contributed by atoms with Crippen LogP contribution in [0.4, 0.5) is 5.69 Å². The molecule has 1 saturated heterocycles. The topological polar surface area (TPSA) is 75.0 Å². The molecule has 2 unspecified atom stereocenters. The Morgan fingerprint density at radius 3 is 3.04 bits per heavy atom. The van der Waals surface area contributed by atoms with Crippen molar-refractivity contribution in [2.75, 3.05) is 12.3 Å². The van der Waals surface area contributed by atoms with E-state index >= 15 is 0 Å². The summed E-state index contributed by atoms with van der Waals surface area (Å²) in [6.45, 7) is 0.839. The highest BCUT2D eigenvalue weighted by molar-refractivity contribution is 5.97. The first-order chi connectivity index (χ1) is 12.7. The molecule has 5 heteroatoms. The van der Waals surface area contributed by atoms with Gasteiger partial charge in [0.15, 0.2) is 0 Å². The van der Waals surface area contributed by atoms with E-state index in [1.807, 2.05) is 24.3 Å². The maximum absolute atomic E-state index is 13.3. The number of fused-ring (bicyclic) bond motifs is 4. The van der Waals surface area contributed by atoms with Crippen LogP contribution in [0.3, 0.4) is 0 Å². The Morgan fingerprint density at radius 2 is 2.12 bits per heavy atom. The van der Waals surface area contributed by atoms with E-state index in [1.54, 1.807) is 6.33 Å². The smallest absolute Gasteiger partial charge is 0.254 e. The molecule has 1 aromatic heterocycles. The summed E-state index contributed by atoms with van der Waals surface area (Å²) in [5, 5.41) is 0. The number of H-pyrrole nitrogens is 1. The Morgan fingerprint density at radius 1 is 1.19 bits per heavy atom. The van der Waals surface area contributed by atoms with Crippen LogP contribution >= 0.6 is 0 Å². The van der Waals surface area contributed by atoms with Crippen LogP contribution in [-0.4, -0.2) is 33.4 Å². The molecule has 5 nitrogen and oxygen atoms in total. The van der Waals surface area contributed by atoms with Gasteiger partial charge < -0.3 is 15.6 Å². The van der Waals surface area contributed by atoms with Crippen LogP contribution in [0.1, 0.15) is 46.7 Å². The first-order valence-corrected chi connectivity index (χ1v) is 9.33. The predicted octanol–water partition coefficient (Wildman–Crippen LogP) is 3.48. The molecule has 5 rings (SSSR count). The maximum Gasteiger partial charge on any atom is 0.254 e. The average Bonchev–Trinajstić information content (AvgIpc) is 3.14. The fourth-order valence-corrected chi connectivity index (χ4v) is 4.77.